The number of benzene rings is 2. The zero-order chi connectivity index (χ0) is 22.0. The number of halogens is 1. The minimum absolute atomic E-state index is 0.156. The maximum atomic E-state index is 14.0. The van der Waals surface area contributed by atoms with Gasteiger partial charge in [0, 0.05) is 25.7 Å². The van der Waals surface area contributed by atoms with Gasteiger partial charge in [0.2, 0.25) is 0 Å². The van der Waals surface area contributed by atoms with Crippen molar-refractivity contribution in [2.75, 3.05) is 39.8 Å². The van der Waals surface area contributed by atoms with Crippen LogP contribution in [0.15, 0.2) is 53.6 Å². The second-order valence-electron chi connectivity index (χ2n) is 7.97. The maximum absolute atomic E-state index is 14.0. The normalized spacial score (nSPS) is 19.5. The Kier molecular flexibility index (Phi) is 6.23. The topological polar surface area (TPSA) is 48.4 Å². The zero-order valence-electron chi connectivity index (χ0n) is 18.3. The van der Waals surface area contributed by atoms with Crippen molar-refractivity contribution in [3.05, 3.63) is 65.5 Å². The molecule has 0 aliphatic carbocycles. The summed E-state index contributed by atoms with van der Waals surface area (Å²) in [6, 6.07) is 13.9. The molecule has 0 spiro atoms. The van der Waals surface area contributed by atoms with Crippen molar-refractivity contribution in [2.45, 2.75) is 19.9 Å². The highest BCUT2D eigenvalue weighted by atomic mass is 19.1. The van der Waals surface area contributed by atoms with E-state index >= 15 is 0 Å². The fourth-order valence-corrected chi connectivity index (χ4v) is 4.29. The summed E-state index contributed by atoms with van der Waals surface area (Å²) in [7, 11) is 1.81. The lowest BCUT2D eigenvalue weighted by atomic mass is 9.86. The maximum Gasteiger partial charge on any atom is 0.340 e. The minimum atomic E-state index is -0.344. The number of hydrogen-bond acceptors (Lipinski definition) is 4. The number of rotatable bonds is 6. The standard InChI is InChI=1S/C24H29FN4O2/c1-4-28(5-2)14-13-27(3)24(30)29-23(17-9-7-6-8-10-17)20-16-31-21-12-11-18(25)15-19(21)22(20)26-29/h6-12,15,20,23H,4-5,13-14,16H2,1-3H3. The lowest BCUT2D eigenvalue weighted by molar-refractivity contribution is 0.129. The highest BCUT2D eigenvalue weighted by Crippen LogP contribution is 2.42. The Hall–Kier alpha value is -2.93. The molecular weight excluding hydrogens is 395 g/mol. The Morgan fingerprint density at radius 3 is 2.61 bits per heavy atom. The number of carbonyl (C=O) groups is 1. The molecule has 0 fully saturated rings. The molecule has 2 unspecified atom stereocenters. The summed E-state index contributed by atoms with van der Waals surface area (Å²) in [5.41, 5.74) is 2.32. The molecule has 2 aromatic carbocycles. The summed E-state index contributed by atoms with van der Waals surface area (Å²) in [6.07, 6.45) is 0. The van der Waals surface area contributed by atoms with E-state index in [0.29, 0.717) is 30.2 Å². The molecule has 4 rings (SSSR count). The molecule has 31 heavy (non-hydrogen) atoms. The van der Waals surface area contributed by atoms with Gasteiger partial charge in [-0.3, -0.25) is 0 Å². The van der Waals surface area contributed by atoms with E-state index in [1.807, 2.05) is 30.3 Å². The average molecular weight is 425 g/mol. The van der Waals surface area contributed by atoms with Crippen molar-refractivity contribution in [3.8, 4) is 5.75 Å². The number of amides is 2. The monoisotopic (exact) mass is 424 g/mol. The summed E-state index contributed by atoms with van der Waals surface area (Å²) < 4.78 is 19.9. The Balaban J connectivity index is 1.66. The van der Waals surface area contributed by atoms with Crippen LogP contribution in [0.1, 0.15) is 31.0 Å². The second kappa shape index (κ2) is 9.06. The largest absolute Gasteiger partial charge is 0.492 e. The number of hydrazone groups is 1. The van der Waals surface area contributed by atoms with Crippen molar-refractivity contribution in [1.82, 2.24) is 14.8 Å². The molecule has 0 bridgehead atoms. The van der Waals surface area contributed by atoms with Crippen LogP contribution in [0.2, 0.25) is 0 Å². The molecule has 2 amide bonds. The molecule has 0 aromatic heterocycles. The molecular formula is C24H29FN4O2. The second-order valence-corrected chi connectivity index (χ2v) is 7.97. The predicted molar refractivity (Wildman–Crippen MR) is 119 cm³/mol. The number of hydrogen-bond donors (Lipinski definition) is 0. The van der Waals surface area contributed by atoms with Crippen LogP contribution < -0.4 is 4.74 Å². The fraction of sp³-hybridized carbons (Fsp3) is 0.417. The van der Waals surface area contributed by atoms with Crippen LogP contribution in [0.3, 0.4) is 0 Å². The van der Waals surface area contributed by atoms with Gasteiger partial charge in [0.05, 0.1) is 24.3 Å². The number of urea groups is 1. The van der Waals surface area contributed by atoms with Gasteiger partial charge in [-0.05, 0) is 36.9 Å². The molecule has 0 saturated heterocycles. The van der Waals surface area contributed by atoms with E-state index in [2.05, 4.69) is 18.7 Å². The highest BCUT2D eigenvalue weighted by molar-refractivity contribution is 6.07. The van der Waals surface area contributed by atoms with Crippen LogP contribution in [0, 0.1) is 11.7 Å². The third-order valence-electron chi connectivity index (χ3n) is 6.16. The van der Waals surface area contributed by atoms with Crippen LogP contribution in [-0.2, 0) is 0 Å². The van der Waals surface area contributed by atoms with Crippen molar-refractivity contribution in [2.24, 2.45) is 11.0 Å². The number of nitrogens with zero attached hydrogens (tertiary/aromatic N) is 4. The molecule has 7 heteroatoms. The minimum Gasteiger partial charge on any atom is -0.492 e. The summed E-state index contributed by atoms with van der Waals surface area (Å²) in [5.74, 6) is 0.104. The highest BCUT2D eigenvalue weighted by Gasteiger charge is 2.45. The van der Waals surface area contributed by atoms with E-state index in [1.165, 1.54) is 12.1 Å². The third-order valence-corrected chi connectivity index (χ3v) is 6.16. The first-order chi connectivity index (χ1) is 15.0. The number of ether oxygens (including phenoxy) is 1. The summed E-state index contributed by atoms with van der Waals surface area (Å²) >= 11 is 0. The molecule has 2 heterocycles. The van der Waals surface area contributed by atoms with E-state index in [-0.39, 0.29) is 23.8 Å². The summed E-state index contributed by atoms with van der Waals surface area (Å²) in [4.78, 5) is 17.4. The fourth-order valence-electron chi connectivity index (χ4n) is 4.29. The molecule has 0 saturated carbocycles. The third kappa shape index (κ3) is 4.14. The smallest absolute Gasteiger partial charge is 0.340 e. The average Bonchev–Trinajstić information content (AvgIpc) is 3.19. The van der Waals surface area contributed by atoms with Gasteiger partial charge in [0.15, 0.2) is 0 Å². The number of carbonyl (C=O) groups excluding carboxylic acids is 1. The molecule has 2 aliphatic rings. The first-order valence-corrected chi connectivity index (χ1v) is 10.9. The lowest BCUT2D eigenvalue weighted by Gasteiger charge is -2.32. The van der Waals surface area contributed by atoms with Crippen molar-refractivity contribution in [1.29, 1.82) is 0 Å². The summed E-state index contributed by atoms with van der Waals surface area (Å²) in [5, 5.41) is 6.29. The van der Waals surface area contributed by atoms with E-state index in [9.17, 15) is 9.18 Å². The van der Waals surface area contributed by atoms with Gasteiger partial charge >= 0.3 is 6.03 Å². The van der Waals surface area contributed by atoms with E-state index in [1.54, 1.807) is 23.0 Å². The SMILES string of the molecule is CCN(CC)CCN(C)C(=O)N1N=C2c3cc(F)ccc3OCC2C1c1ccccc1. The van der Waals surface area contributed by atoms with Gasteiger partial charge in [-0.2, -0.15) is 5.10 Å². The Morgan fingerprint density at radius 1 is 1.16 bits per heavy atom. The predicted octanol–water partition coefficient (Wildman–Crippen LogP) is 3.99. The van der Waals surface area contributed by atoms with E-state index < -0.39 is 0 Å². The van der Waals surface area contributed by atoms with E-state index in [0.717, 1.165) is 25.2 Å². The van der Waals surface area contributed by atoms with Crippen molar-refractivity contribution >= 4 is 11.7 Å². The van der Waals surface area contributed by atoms with Crippen LogP contribution in [-0.4, -0.2) is 66.4 Å². The van der Waals surface area contributed by atoms with Crippen molar-refractivity contribution in [3.63, 3.8) is 0 Å². The van der Waals surface area contributed by atoms with E-state index in [4.69, 9.17) is 9.84 Å². The van der Waals surface area contributed by atoms with Crippen LogP contribution in [0.5, 0.6) is 5.75 Å². The first kappa shape index (κ1) is 21.3. The Labute approximate surface area is 182 Å². The van der Waals surface area contributed by atoms with Gasteiger partial charge in [-0.1, -0.05) is 44.2 Å². The zero-order valence-corrected chi connectivity index (χ0v) is 18.3. The first-order valence-electron chi connectivity index (χ1n) is 10.9. The van der Waals surface area contributed by atoms with Crippen LogP contribution in [0.25, 0.3) is 0 Å². The molecule has 6 nitrogen and oxygen atoms in total. The van der Waals surface area contributed by atoms with Gasteiger partial charge in [0.1, 0.15) is 11.6 Å². The number of likely N-dealkylation sites (N-methyl/N-ethyl adjacent to an activating group) is 2. The quantitative estimate of drug-likeness (QED) is 0.705. The molecule has 0 radical (unpaired) electrons. The number of fused-ring (bicyclic) bond motifs is 3. The molecule has 2 atom stereocenters. The van der Waals surface area contributed by atoms with Crippen LogP contribution in [0.4, 0.5) is 9.18 Å². The van der Waals surface area contributed by atoms with Gasteiger partial charge < -0.3 is 14.5 Å². The van der Waals surface area contributed by atoms with Crippen LogP contribution >= 0.6 is 0 Å². The molecule has 2 aliphatic heterocycles. The van der Waals surface area contributed by atoms with Crippen molar-refractivity contribution < 1.29 is 13.9 Å². The van der Waals surface area contributed by atoms with Gasteiger partial charge in [-0.25, -0.2) is 14.2 Å². The lowest BCUT2D eigenvalue weighted by Crippen LogP contribution is -2.43. The summed E-state index contributed by atoms with van der Waals surface area (Å²) in [6.45, 7) is 7.92. The molecule has 2 aromatic rings. The molecule has 0 N–H and O–H groups in total. The van der Waals surface area contributed by atoms with Gasteiger partial charge in [-0.15, -0.1) is 0 Å². The molecule has 164 valence electrons. The van der Waals surface area contributed by atoms with Gasteiger partial charge in [0.25, 0.3) is 0 Å². The Bertz CT molecular complexity index is 961. The Morgan fingerprint density at radius 2 is 1.90 bits per heavy atom.